The minimum atomic E-state index is 0.000697. The number of aryl methyl sites for hydroxylation is 3. The van der Waals surface area contributed by atoms with Crippen LogP contribution in [0.5, 0.6) is 0 Å². The zero-order valence-corrected chi connectivity index (χ0v) is 14.1. The molecule has 1 aliphatic heterocycles. The number of nitrogens with one attached hydrogen (secondary N) is 1. The van der Waals surface area contributed by atoms with Crippen LogP contribution in [-0.2, 0) is 0 Å². The van der Waals surface area contributed by atoms with Crippen LogP contribution in [0.25, 0.3) is 0 Å². The van der Waals surface area contributed by atoms with E-state index >= 15 is 0 Å². The number of amides is 2. The molecule has 1 heterocycles. The van der Waals surface area contributed by atoms with Crippen molar-refractivity contribution in [3.05, 3.63) is 64.7 Å². The number of nitrogens with zero attached hydrogens (tertiary/aromatic N) is 1. The van der Waals surface area contributed by atoms with Gasteiger partial charge in [-0.3, -0.25) is 0 Å². The topological polar surface area (TPSA) is 32.3 Å². The smallest absolute Gasteiger partial charge is 0.317 e. The molecule has 2 amide bonds. The number of rotatable bonds is 2. The third-order valence-corrected chi connectivity index (χ3v) is 4.53. The third kappa shape index (κ3) is 3.39. The number of hydrogen-bond acceptors (Lipinski definition) is 1. The lowest BCUT2D eigenvalue weighted by Gasteiger charge is -2.26. The third-order valence-electron chi connectivity index (χ3n) is 4.53. The van der Waals surface area contributed by atoms with Gasteiger partial charge >= 0.3 is 6.03 Å². The van der Waals surface area contributed by atoms with Crippen molar-refractivity contribution >= 4 is 11.7 Å². The van der Waals surface area contributed by atoms with Crippen molar-refractivity contribution in [3.63, 3.8) is 0 Å². The van der Waals surface area contributed by atoms with Gasteiger partial charge in [-0.1, -0.05) is 30.3 Å². The maximum atomic E-state index is 12.7. The summed E-state index contributed by atoms with van der Waals surface area (Å²) < 4.78 is 0. The summed E-state index contributed by atoms with van der Waals surface area (Å²) in [7, 11) is 0. The van der Waals surface area contributed by atoms with Crippen LogP contribution in [0.1, 0.15) is 41.1 Å². The molecule has 0 aliphatic carbocycles. The molecule has 0 saturated carbocycles. The van der Waals surface area contributed by atoms with Gasteiger partial charge in [-0.25, -0.2) is 4.79 Å². The van der Waals surface area contributed by atoms with Gasteiger partial charge in [0.25, 0.3) is 0 Å². The number of anilines is 1. The summed E-state index contributed by atoms with van der Waals surface area (Å²) in [5.74, 6) is 0. The first-order valence-corrected chi connectivity index (χ1v) is 8.26. The molecule has 2 aromatic rings. The van der Waals surface area contributed by atoms with Crippen molar-refractivity contribution in [1.82, 2.24) is 4.90 Å². The fourth-order valence-corrected chi connectivity index (χ4v) is 3.54. The van der Waals surface area contributed by atoms with Crippen LogP contribution in [0.2, 0.25) is 0 Å². The molecule has 3 rings (SSSR count). The van der Waals surface area contributed by atoms with Crippen LogP contribution < -0.4 is 5.32 Å². The summed E-state index contributed by atoms with van der Waals surface area (Å²) in [5, 5.41) is 3.07. The highest BCUT2D eigenvalue weighted by Gasteiger charge is 2.30. The Balaban J connectivity index is 1.80. The Hall–Kier alpha value is -2.29. The second kappa shape index (κ2) is 6.45. The highest BCUT2D eigenvalue weighted by molar-refractivity contribution is 5.90. The number of urea groups is 1. The second-order valence-corrected chi connectivity index (χ2v) is 6.51. The van der Waals surface area contributed by atoms with Gasteiger partial charge in [0.15, 0.2) is 0 Å². The summed E-state index contributed by atoms with van der Waals surface area (Å²) in [5.41, 5.74) is 5.72. The maximum absolute atomic E-state index is 12.7. The number of carbonyl (C=O) groups excluding carboxylic acids is 1. The molecule has 0 aromatic heterocycles. The Morgan fingerprint density at radius 1 is 1.09 bits per heavy atom. The first-order chi connectivity index (χ1) is 11.0. The van der Waals surface area contributed by atoms with Crippen molar-refractivity contribution < 1.29 is 4.79 Å². The highest BCUT2D eigenvalue weighted by Crippen LogP contribution is 2.34. The summed E-state index contributed by atoms with van der Waals surface area (Å²) in [6.07, 6.45) is 2.09. The second-order valence-electron chi connectivity index (χ2n) is 6.51. The van der Waals surface area contributed by atoms with Gasteiger partial charge in [0.05, 0.1) is 6.04 Å². The van der Waals surface area contributed by atoms with Gasteiger partial charge in [-0.05, 0) is 68.0 Å². The van der Waals surface area contributed by atoms with Gasteiger partial charge < -0.3 is 10.2 Å². The molecule has 1 N–H and O–H groups in total. The number of carbonyl (C=O) groups is 1. The summed E-state index contributed by atoms with van der Waals surface area (Å²) in [6.45, 7) is 7.03. The summed E-state index contributed by atoms with van der Waals surface area (Å²) >= 11 is 0. The molecule has 0 unspecified atom stereocenters. The first-order valence-electron chi connectivity index (χ1n) is 8.26. The average Bonchev–Trinajstić information content (AvgIpc) is 2.96. The quantitative estimate of drug-likeness (QED) is 0.833. The Morgan fingerprint density at radius 2 is 1.78 bits per heavy atom. The van der Waals surface area contributed by atoms with E-state index in [4.69, 9.17) is 0 Å². The largest absolute Gasteiger partial charge is 0.322 e. The zero-order chi connectivity index (χ0) is 16.4. The van der Waals surface area contributed by atoms with E-state index in [1.165, 1.54) is 11.1 Å². The monoisotopic (exact) mass is 308 g/mol. The summed E-state index contributed by atoms with van der Waals surface area (Å²) in [4.78, 5) is 14.7. The lowest BCUT2D eigenvalue weighted by molar-refractivity contribution is 0.207. The molecule has 120 valence electrons. The maximum Gasteiger partial charge on any atom is 0.322 e. The molecule has 3 nitrogen and oxygen atoms in total. The van der Waals surface area contributed by atoms with Crippen LogP contribution >= 0.6 is 0 Å². The van der Waals surface area contributed by atoms with Crippen LogP contribution in [0, 0.1) is 20.8 Å². The van der Waals surface area contributed by atoms with Crippen molar-refractivity contribution in [1.29, 1.82) is 0 Å². The van der Waals surface area contributed by atoms with Crippen LogP contribution in [0.15, 0.2) is 42.5 Å². The number of hydrogen-bond donors (Lipinski definition) is 1. The lowest BCUT2D eigenvalue weighted by atomic mass is 9.99. The van der Waals surface area contributed by atoms with Crippen molar-refractivity contribution in [2.75, 3.05) is 11.9 Å². The predicted molar refractivity (Wildman–Crippen MR) is 94.8 cm³/mol. The van der Waals surface area contributed by atoms with E-state index in [0.717, 1.165) is 36.2 Å². The predicted octanol–water partition coefficient (Wildman–Crippen LogP) is 4.98. The minimum Gasteiger partial charge on any atom is -0.317 e. The Kier molecular flexibility index (Phi) is 4.37. The molecule has 0 radical (unpaired) electrons. The Bertz CT molecular complexity index is 703. The van der Waals surface area contributed by atoms with Crippen molar-refractivity contribution in [2.45, 2.75) is 39.7 Å². The average molecular weight is 308 g/mol. The minimum absolute atomic E-state index is 0.000697. The van der Waals surface area contributed by atoms with Crippen LogP contribution in [0.4, 0.5) is 10.5 Å². The van der Waals surface area contributed by atoms with Crippen molar-refractivity contribution in [2.24, 2.45) is 0 Å². The fourth-order valence-electron chi connectivity index (χ4n) is 3.54. The molecular weight excluding hydrogens is 284 g/mol. The molecule has 3 heteroatoms. The van der Waals surface area contributed by atoms with E-state index in [1.807, 2.05) is 23.1 Å². The molecule has 1 saturated heterocycles. The van der Waals surface area contributed by atoms with E-state index in [2.05, 4.69) is 50.4 Å². The van der Waals surface area contributed by atoms with Gasteiger partial charge in [-0.15, -0.1) is 0 Å². The molecule has 1 atom stereocenters. The lowest BCUT2D eigenvalue weighted by Crippen LogP contribution is -2.34. The Morgan fingerprint density at radius 3 is 2.48 bits per heavy atom. The van der Waals surface area contributed by atoms with Crippen LogP contribution in [-0.4, -0.2) is 17.5 Å². The van der Waals surface area contributed by atoms with Gasteiger partial charge in [0.2, 0.25) is 0 Å². The van der Waals surface area contributed by atoms with Gasteiger partial charge in [-0.2, -0.15) is 0 Å². The zero-order valence-electron chi connectivity index (χ0n) is 14.1. The number of benzene rings is 2. The van der Waals surface area contributed by atoms with Crippen molar-refractivity contribution in [3.8, 4) is 0 Å². The van der Waals surface area contributed by atoms with E-state index in [-0.39, 0.29) is 12.1 Å². The molecule has 1 fully saturated rings. The normalized spacial score (nSPS) is 17.3. The standard InChI is InChI=1S/C20H24N2O/c1-14-11-15(2)13-17(12-14)21-20(23)22-10-6-9-19(22)18-8-5-4-7-16(18)3/h4-5,7-8,11-13,19H,6,9-10H2,1-3H3,(H,21,23)/t19-/m1/s1. The highest BCUT2D eigenvalue weighted by atomic mass is 16.2. The molecule has 2 aromatic carbocycles. The van der Waals surface area contributed by atoms with E-state index in [1.54, 1.807) is 0 Å². The fraction of sp³-hybridized carbons (Fsp3) is 0.350. The molecule has 0 bridgehead atoms. The first kappa shape index (κ1) is 15.6. The summed E-state index contributed by atoms with van der Waals surface area (Å²) in [6, 6.07) is 14.7. The molecule has 1 aliphatic rings. The molecule has 0 spiro atoms. The number of likely N-dealkylation sites (tertiary alicyclic amines) is 1. The SMILES string of the molecule is Cc1cc(C)cc(NC(=O)N2CCC[C@@H]2c2ccccc2C)c1. The van der Waals surface area contributed by atoms with E-state index in [0.29, 0.717) is 0 Å². The molecular formula is C20H24N2O. The van der Waals surface area contributed by atoms with E-state index in [9.17, 15) is 4.79 Å². The van der Waals surface area contributed by atoms with Crippen LogP contribution in [0.3, 0.4) is 0 Å². The van der Waals surface area contributed by atoms with Gasteiger partial charge in [0, 0.05) is 12.2 Å². The Labute approximate surface area is 138 Å². The molecule has 23 heavy (non-hydrogen) atoms. The van der Waals surface area contributed by atoms with Gasteiger partial charge in [0.1, 0.15) is 0 Å². The van der Waals surface area contributed by atoms with E-state index < -0.39 is 0 Å².